The monoisotopic (exact) mass is 297 g/mol. The van der Waals surface area contributed by atoms with Gasteiger partial charge in [-0.25, -0.2) is 0 Å². The summed E-state index contributed by atoms with van der Waals surface area (Å²) in [6.45, 7) is 5.40. The number of ether oxygens (including phenoxy) is 1. The largest absolute Gasteiger partial charge is 0.377 e. The third-order valence-corrected chi connectivity index (χ3v) is 4.53. The van der Waals surface area contributed by atoms with E-state index in [1.807, 2.05) is 13.8 Å². The van der Waals surface area contributed by atoms with Crippen molar-refractivity contribution in [1.29, 1.82) is 0 Å². The molecule has 1 unspecified atom stereocenters. The molecule has 2 rings (SSSR count). The van der Waals surface area contributed by atoms with E-state index in [1.165, 1.54) is 0 Å². The summed E-state index contributed by atoms with van der Waals surface area (Å²) in [5, 5.41) is 2.87. The van der Waals surface area contributed by atoms with E-state index < -0.39 is 11.5 Å². The topological polar surface area (TPSA) is 84.7 Å². The minimum atomic E-state index is -0.530. The molecule has 0 aromatic carbocycles. The number of nitrogens with one attached hydrogen (secondary N) is 1. The molecule has 0 spiro atoms. The lowest BCUT2D eigenvalue weighted by Gasteiger charge is -2.40. The number of hydrogen-bond donors (Lipinski definition) is 2. The van der Waals surface area contributed by atoms with Crippen LogP contribution in [0.25, 0.3) is 0 Å². The van der Waals surface area contributed by atoms with E-state index in [0.717, 1.165) is 25.7 Å². The fraction of sp³-hybridized carbons (Fsp3) is 0.867. The van der Waals surface area contributed by atoms with Gasteiger partial charge in [0, 0.05) is 19.1 Å². The van der Waals surface area contributed by atoms with Gasteiger partial charge < -0.3 is 20.7 Å². The number of carbonyl (C=O) groups is 2. The normalized spacial score (nSPS) is 25.1. The van der Waals surface area contributed by atoms with Crippen LogP contribution in [-0.2, 0) is 14.3 Å². The van der Waals surface area contributed by atoms with Gasteiger partial charge in [-0.1, -0.05) is 12.8 Å². The van der Waals surface area contributed by atoms with Crippen LogP contribution in [-0.4, -0.2) is 55.1 Å². The number of morpholine rings is 1. The Kier molecular flexibility index (Phi) is 5.22. The lowest BCUT2D eigenvalue weighted by Crippen LogP contribution is -2.60. The molecule has 2 fully saturated rings. The number of rotatable bonds is 4. The molecule has 0 radical (unpaired) electrons. The van der Waals surface area contributed by atoms with Crippen LogP contribution in [0.3, 0.4) is 0 Å². The van der Waals surface area contributed by atoms with Crippen molar-refractivity contribution in [2.75, 3.05) is 26.3 Å². The highest BCUT2D eigenvalue weighted by molar-refractivity contribution is 5.90. The molecular weight excluding hydrogens is 270 g/mol. The van der Waals surface area contributed by atoms with Crippen LogP contribution in [0.2, 0.25) is 0 Å². The van der Waals surface area contributed by atoms with Gasteiger partial charge in [-0.2, -0.15) is 0 Å². The summed E-state index contributed by atoms with van der Waals surface area (Å²) in [4.78, 5) is 27.0. The zero-order valence-electron chi connectivity index (χ0n) is 13.1. The Labute approximate surface area is 126 Å². The van der Waals surface area contributed by atoms with Gasteiger partial charge in [-0.3, -0.25) is 9.59 Å². The summed E-state index contributed by atoms with van der Waals surface area (Å²) >= 11 is 0. The lowest BCUT2D eigenvalue weighted by atomic mass is 9.84. The molecule has 1 atom stereocenters. The van der Waals surface area contributed by atoms with Crippen molar-refractivity contribution in [3.05, 3.63) is 0 Å². The maximum atomic E-state index is 13.0. The number of carbonyl (C=O) groups excluding carboxylic acids is 2. The predicted octanol–water partition coefficient (Wildman–Crippen LogP) is 0.258. The van der Waals surface area contributed by atoms with E-state index in [1.54, 1.807) is 4.90 Å². The standard InChI is InChI=1S/C15H27N3O3/c1-11(2)17-13(19)12-9-21-8-7-18(12)14(20)15(10-16)5-3-4-6-15/h11-12H,3-10,16H2,1-2H3,(H,17,19). The SMILES string of the molecule is CC(C)NC(=O)C1COCCN1C(=O)C1(CN)CCCC1. The highest BCUT2D eigenvalue weighted by atomic mass is 16.5. The molecule has 0 bridgehead atoms. The van der Waals surface area contributed by atoms with E-state index in [-0.39, 0.29) is 24.5 Å². The second-order valence-corrected chi connectivity index (χ2v) is 6.44. The Morgan fingerprint density at radius 1 is 1.38 bits per heavy atom. The summed E-state index contributed by atoms with van der Waals surface area (Å²) in [5.41, 5.74) is 5.43. The molecule has 0 aromatic heterocycles. The van der Waals surface area contributed by atoms with Crippen LogP contribution < -0.4 is 11.1 Å². The van der Waals surface area contributed by atoms with Crippen molar-refractivity contribution >= 4 is 11.8 Å². The molecule has 1 heterocycles. The molecule has 21 heavy (non-hydrogen) atoms. The van der Waals surface area contributed by atoms with Gasteiger partial charge >= 0.3 is 0 Å². The molecule has 3 N–H and O–H groups in total. The first-order valence-electron chi connectivity index (χ1n) is 7.89. The van der Waals surface area contributed by atoms with Gasteiger partial charge in [-0.05, 0) is 26.7 Å². The molecule has 6 heteroatoms. The summed E-state index contributed by atoms with van der Waals surface area (Å²) in [6, 6.07) is -0.482. The average Bonchev–Trinajstić information content (AvgIpc) is 2.96. The van der Waals surface area contributed by atoms with Crippen LogP contribution in [0.4, 0.5) is 0 Å². The maximum absolute atomic E-state index is 13.0. The third-order valence-electron chi connectivity index (χ3n) is 4.53. The van der Waals surface area contributed by atoms with Crippen LogP contribution in [0.15, 0.2) is 0 Å². The van der Waals surface area contributed by atoms with Gasteiger partial charge in [0.2, 0.25) is 11.8 Å². The molecule has 1 saturated heterocycles. The predicted molar refractivity (Wildman–Crippen MR) is 79.6 cm³/mol. The molecule has 2 aliphatic rings. The smallest absolute Gasteiger partial charge is 0.245 e. The molecule has 1 saturated carbocycles. The van der Waals surface area contributed by atoms with Crippen molar-refractivity contribution in [1.82, 2.24) is 10.2 Å². The lowest BCUT2D eigenvalue weighted by molar-refractivity contribution is -0.156. The Hall–Kier alpha value is -1.14. The van der Waals surface area contributed by atoms with Crippen molar-refractivity contribution in [3.8, 4) is 0 Å². The fourth-order valence-corrected chi connectivity index (χ4v) is 3.31. The van der Waals surface area contributed by atoms with E-state index in [9.17, 15) is 9.59 Å². The summed E-state index contributed by atoms with van der Waals surface area (Å²) in [5.74, 6) is -0.0991. The minimum Gasteiger partial charge on any atom is -0.377 e. The quantitative estimate of drug-likeness (QED) is 0.779. The second-order valence-electron chi connectivity index (χ2n) is 6.44. The summed E-state index contributed by atoms with van der Waals surface area (Å²) in [6.07, 6.45) is 3.74. The minimum absolute atomic E-state index is 0.0368. The van der Waals surface area contributed by atoms with Gasteiger partial charge in [-0.15, -0.1) is 0 Å². The molecular formula is C15H27N3O3. The van der Waals surface area contributed by atoms with Crippen LogP contribution in [0.1, 0.15) is 39.5 Å². The van der Waals surface area contributed by atoms with Gasteiger partial charge in [0.05, 0.1) is 18.6 Å². The first-order chi connectivity index (χ1) is 10.00. The number of hydrogen-bond acceptors (Lipinski definition) is 4. The Morgan fingerprint density at radius 3 is 2.62 bits per heavy atom. The number of amides is 2. The molecule has 2 amide bonds. The van der Waals surface area contributed by atoms with E-state index in [4.69, 9.17) is 10.5 Å². The highest BCUT2D eigenvalue weighted by Gasteiger charge is 2.46. The van der Waals surface area contributed by atoms with Crippen molar-refractivity contribution in [2.24, 2.45) is 11.1 Å². The van der Waals surface area contributed by atoms with E-state index >= 15 is 0 Å². The molecule has 120 valence electrons. The van der Waals surface area contributed by atoms with E-state index in [2.05, 4.69) is 5.32 Å². The Bertz CT molecular complexity index is 392. The number of nitrogens with two attached hydrogens (primary N) is 1. The highest BCUT2D eigenvalue weighted by Crippen LogP contribution is 2.39. The third kappa shape index (κ3) is 3.37. The van der Waals surface area contributed by atoms with Crippen molar-refractivity contribution < 1.29 is 14.3 Å². The van der Waals surface area contributed by atoms with Crippen LogP contribution >= 0.6 is 0 Å². The molecule has 1 aliphatic carbocycles. The average molecular weight is 297 g/mol. The van der Waals surface area contributed by atoms with Gasteiger partial charge in [0.15, 0.2) is 0 Å². The second kappa shape index (κ2) is 6.75. The summed E-state index contributed by atoms with van der Waals surface area (Å²) in [7, 11) is 0. The first-order valence-corrected chi connectivity index (χ1v) is 7.89. The molecule has 0 aromatic rings. The van der Waals surface area contributed by atoms with Gasteiger partial charge in [0.25, 0.3) is 0 Å². The van der Waals surface area contributed by atoms with Crippen LogP contribution in [0, 0.1) is 5.41 Å². The Morgan fingerprint density at radius 2 is 2.05 bits per heavy atom. The van der Waals surface area contributed by atoms with Crippen molar-refractivity contribution in [3.63, 3.8) is 0 Å². The first kappa shape index (κ1) is 16.2. The van der Waals surface area contributed by atoms with Gasteiger partial charge in [0.1, 0.15) is 6.04 Å². The maximum Gasteiger partial charge on any atom is 0.245 e. The fourth-order valence-electron chi connectivity index (χ4n) is 3.31. The van der Waals surface area contributed by atoms with E-state index in [0.29, 0.717) is 19.7 Å². The molecule has 6 nitrogen and oxygen atoms in total. The zero-order valence-corrected chi connectivity index (χ0v) is 13.1. The Balaban J connectivity index is 2.14. The van der Waals surface area contributed by atoms with Crippen LogP contribution in [0.5, 0.6) is 0 Å². The number of nitrogens with zero attached hydrogens (tertiary/aromatic N) is 1. The van der Waals surface area contributed by atoms with Crippen molar-refractivity contribution in [2.45, 2.75) is 51.6 Å². The summed E-state index contributed by atoms with van der Waals surface area (Å²) < 4.78 is 5.41. The molecule has 1 aliphatic heterocycles. The zero-order chi connectivity index (χ0) is 15.5.